The van der Waals surface area contributed by atoms with Crippen molar-refractivity contribution < 1.29 is 8.42 Å². The maximum atomic E-state index is 12.9. The van der Waals surface area contributed by atoms with Crippen LogP contribution in [-0.4, -0.2) is 46.0 Å². The minimum atomic E-state index is -3.46. The molecule has 1 unspecified atom stereocenters. The SMILES string of the molecule is CN1CCC[C@H]1CCNS(=O)(=O)c1ccc2c(c1)C(CC1CCCCC1)NCC2. The lowest BCUT2D eigenvalue weighted by atomic mass is 9.81. The Bertz CT molecular complexity index is 789. The van der Waals surface area contributed by atoms with Crippen LogP contribution in [0.15, 0.2) is 23.1 Å². The van der Waals surface area contributed by atoms with Gasteiger partial charge in [-0.1, -0.05) is 38.2 Å². The van der Waals surface area contributed by atoms with E-state index in [1.165, 1.54) is 56.1 Å². The Morgan fingerprint density at radius 1 is 1.14 bits per heavy atom. The van der Waals surface area contributed by atoms with Crippen molar-refractivity contribution in [1.82, 2.24) is 14.9 Å². The number of fused-ring (bicyclic) bond motifs is 1. The molecule has 1 aromatic carbocycles. The van der Waals surface area contributed by atoms with Crippen molar-refractivity contribution >= 4 is 10.0 Å². The normalized spacial score (nSPS) is 26.5. The third kappa shape index (κ3) is 5.22. The van der Waals surface area contributed by atoms with Gasteiger partial charge in [-0.3, -0.25) is 0 Å². The number of hydrogen-bond donors (Lipinski definition) is 2. The zero-order valence-corrected chi connectivity index (χ0v) is 18.6. The molecule has 0 radical (unpaired) electrons. The molecule has 2 fully saturated rings. The van der Waals surface area contributed by atoms with E-state index in [1.807, 2.05) is 12.1 Å². The van der Waals surface area contributed by atoms with Gasteiger partial charge in [-0.15, -0.1) is 0 Å². The second kappa shape index (κ2) is 9.46. The highest BCUT2D eigenvalue weighted by molar-refractivity contribution is 7.89. The van der Waals surface area contributed by atoms with Gasteiger partial charge in [0.25, 0.3) is 0 Å². The second-order valence-electron chi connectivity index (χ2n) is 9.32. The predicted molar refractivity (Wildman–Crippen MR) is 118 cm³/mol. The first kappa shape index (κ1) is 21.3. The number of rotatable bonds is 7. The van der Waals surface area contributed by atoms with Crippen LogP contribution in [0, 0.1) is 5.92 Å². The molecule has 0 bridgehead atoms. The fraction of sp³-hybridized carbons (Fsp3) is 0.739. The first-order valence-corrected chi connectivity index (χ1v) is 13.1. The van der Waals surface area contributed by atoms with Crippen LogP contribution in [0.25, 0.3) is 0 Å². The topological polar surface area (TPSA) is 61.4 Å². The molecule has 5 nitrogen and oxygen atoms in total. The fourth-order valence-corrected chi connectivity index (χ4v) is 6.62. The van der Waals surface area contributed by atoms with E-state index in [4.69, 9.17) is 0 Å². The number of benzene rings is 1. The molecule has 1 saturated carbocycles. The lowest BCUT2D eigenvalue weighted by molar-refractivity contribution is 0.295. The maximum absolute atomic E-state index is 12.9. The van der Waals surface area contributed by atoms with Crippen molar-refractivity contribution in [3.8, 4) is 0 Å². The number of nitrogens with zero attached hydrogens (tertiary/aromatic N) is 1. The minimum absolute atomic E-state index is 0.295. The van der Waals surface area contributed by atoms with E-state index in [1.54, 1.807) is 6.07 Å². The molecule has 0 aromatic heterocycles. The summed E-state index contributed by atoms with van der Waals surface area (Å²) >= 11 is 0. The first-order chi connectivity index (χ1) is 14.0. The first-order valence-electron chi connectivity index (χ1n) is 11.6. The van der Waals surface area contributed by atoms with Gasteiger partial charge in [-0.05, 0) is 81.4 Å². The van der Waals surface area contributed by atoms with Gasteiger partial charge in [0.1, 0.15) is 0 Å². The monoisotopic (exact) mass is 419 g/mol. The van der Waals surface area contributed by atoms with E-state index in [-0.39, 0.29) is 0 Å². The predicted octanol–water partition coefficient (Wildman–Crippen LogP) is 3.61. The van der Waals surface area contributed by atoms with Crippen molar-refractivity contribution in [1.29, 1.82) is 0 Å². The lowest BCUT2D eigenvalue weighted by Gasteiger charge is -2.32. The van der Waals surface area contributed by atoms with Gasteiger partial charge >= 0.3 is 0 Å². The average molecular weight is 420 g/mol. The molecule has 2 aliphatic heterocycles. The molecule has 1 saturated heterocycles. The molecule has 29 heavy (non-hydrogen) atoms. The zero-order chi connectivity index (χ0) is 20.3. The Hall–Kier alpha value is -0.950. The standard InChI is InChI=1S/C23H37N3O2S/c1-26-15-5-8-20(26)12-14-25-29(27,28)21-10-9-19-11-13-24-23(22(19)17-21)16-18-6-3-2-4-7-18/h9-10,17-18,20,23-25H,2-8,11-16H2,1H3/t20-,23?/m0/s1. The molecular formula is C23H37N3O2S. The number of sulfonamides is 1. The molecule has 6 heteroatoms. The molecule has 4 rings (SSSR count). The van der Waals surface area contributed by atoms with Gasteiger partial charge in [0.15, 0.2) is 0 Å². The molecule has 0 amide bonds. The van der Waals surface area contributed by atoms with E-state index in [9.17, 15) is 8.42 Å². The molecule has 1 aromatic rings. The highest BCUT2D eigenvalue weighted by atomic mass is 32.2. The van der Waals surface area contributed by atoms with Gasteiger partial charge in [0.2, 0.25) is 10.0 Å². The summed E-state index contributed by atoms with van der Waals surface area (Å²) in [6, 6.07) is 6.59. The summed E-state index contributed by atoms with van der Waals surface area (Å²) in [5.74, 6) is 0.772. The number of likely N-dealkylation sites (tertiary alicyclic amines) is 1. The summed E-state index contributed by atoms with van der Waals surface area (Å²) in [6.45, 7) is 2.62. The van der Waals surface area contributed by atoms with Crippen molar-refractivity contribution in [2.24, 2.45) is 5.92 Å². The Kier molecular flexibility index (Phi) is 6.94. The van der Waals surface area contributed by atoms with E-state index in [0.717, 1.165) is 38.3 Å². The van der Waals surface area contributed by atoms with Crippen LogP contribution in [0.1, 0.15) is 75.0 Å². The van der Waals surface area contributed by atoms with Crippen LogP contribution < -0.4 is 10.0 Å². The van der Waals surface area contributed by atoms with Crippen molar-refractivity contribution in [2.75, 3.05) is 26.7 Å². The number of nitrogens with one attached hydrogen (secondary N) is 2. The molecular weight excluding hydrogens is 382 g/mol. The van der Waals surface area contributed by atoms with Crippen molar-refractivity contribution in [2.45, 2.75) is 81.2 Å². The number of hydrogen-bond acceptors (Lipinski definition) is 4. The smallest absolute Gasteiger partial charge is 0.240 e. The molecule has 0 spiro atoms. The Balaban J connectivity index is 1.43. The van der Waals surface area contributed by atoms with Crippen LogP contribution in [-0.2, 0) is 16.4 Å². The van der Waals surface area contributed by atoms with Gasteiger partial charge in [0, 0.05) is 18.6 Å². The highest BCUT2D eigenvalue weighted by Crippen LogP contribution is 2.35. The van der Waals surface area contributed by atoms with Crippen LogP contribution in [0.5, 0.6) is 0 Å². The van der Waals surface area contributed by atoms with E-state index >= 15 is 0 Å². The third-order valence-electron chi connectivity index (χ3n) is 7.32. The zero-order valence-electron chi connectivity index (χ0n) is 17.8. The summed E-state index contributed by atoms with van der Waals surface area (Å²) in [6.07, 6.45) is 12.1. The summed E-state index contributed by atoms with van der Waals surface area (Å²) in [5, 5.41) is 3.67. The Morgan fingerprint density at radius 2 is 1.97 bits per heavy atom. The van der Waals surface area contributed by atoms with Crippen molar-refractivity contribution in [3.63, 3.8) is 0 Å². The van der Waals surface area contributed by atoms with E-state index in [2.05, 4.69) is 22.0 Å². The summed E-state index contributed by atoms with van der Waals surface area (Å²) in [5.41, 5.74) is 2.52. The average Bonchev–Trinajstić information content (AvgIpc) is 3.13. The molecule has 3 aliphatic rings. The van der Waals surface area contributed by atoms with Gasteiger partial charge in [-0.2, -0.15) is 0 Å². The molecule has 2 atom stereocenters. The van der Waals surface area contributed by atoms with E-state index < -0.39 is 10.0 Å². The largest absolute Gasteiger partial charge is 0.310 e. The maximum Gasteiger partial charge on any atom is 0.240 e. The summed E-state index contributed by atoms with van der Waals surface area (Å²) in [7, 11) is -1.32. The van der Waals surface area contributed by atoms with Crippen LogP contribution in [0.4, 0.5) is 0 Å². The summed E-state index contributed by atoms with van der Waals surface area (Å²) in [4.78, 5) is 2.77. The Morgan fingerprint density at radius 3 is 2.72 bits per heavy atom. The third-order valence-corrected chi connectivity index (χ3v) is 8.78. The van der Waals surface area contributed by atoms with E-state index in [0.29, 0.717) is 23.5 Å². The van der Waals surface area contributed by atoms with Crippen LogP contribution in [0.2, 0.25) is 0 Å². The second-order valence-corrected chi connectivity index (χ2v) is 11.1. The highest BCUT2D eigenvalue weighted by Gasteiger charge is 2.27. The van der Waals surface area contributed by atoms with Crippen molar-refractivity contribution in [3.05, 3.63) is 29.3 Å². The molecule has 162 valence electrons. The summed E-state index contributed by atoms with van der Waals surface area (Å²) < 4.78 is 28.7. The minimum Gasteiger partial charge on any atom is -0.310 e. The van der Waals surface area contributed by atoms with Gasteiger partial charge < -0.3 is 10.2 Å². The van der Waals surface area contributed by atoms with Crippen LogP contribution in [0.3, 0.4) is 0 Å². The van der Waals surface area contributed by atoms with Gasteiger partial charge in [-0.25, -0.2) is 13.1 Å². The lowest BCUT2D eigenvalue weighted by Crippen LogP contribution is -2.33. The quantitative estimate of drug-likeness (QED) is 0.709. The molecule has 2 N–H and O–H groups in total. The Labute approximate surface area is 176 Å². The van der Waals surface area contributed by atoms with Gasteiger partial charge in [0.05, 0.1) is 4.90 Å². The molecule has 2 heterocycles. The molecule has 1 aliphatic carbocycles. The fourth-order valence-electron chi connectivity index (χ4n) is 5.54. The van der Waals surface area contributed by atoms with Crippen LogP contribution >= 0.6 is 0 Å².